The molecule has 3 aromatic heterocycles. The molecule has 3 N–H and O–H groups in total. The highest BCUT2D eigenvalue weighted by atomic mass is 19.4. The molecule has 3 aliphatic rings. The number of nitrogens with one attached hydrogen (secondary N) is 3. The number of aromatic nitrogens is 5. The number of ether oxygens (including phenoxy) is 1. The Balaban J connectivity index is 0.853. The third-order valence-electron chi connectivity index (χ3n) is 10.1. The van der Waals surface area contributed by atoms with Crippen LogP contribution in [0.4, 0.5) is 36.2 Å². The molecule has 5 aromatic rings. The van der Waals surface area contributed by atoms with Crippen molar-refractivity contribution in [3.63, 3.8) is 0 Å². The summed E-state index contributed by atoms with van der Waals surface area (Å²) in [6, 6.07) is 10.1. The zero-order valence-electron chi connectivity index (χ0n) is 30.7. The molecule has 0 bridgehead atoms. The van der Waals surface area contributed by atoms with Gasteiger partial charge in [0, 0.05) is 56.8 Å². The van der Waals surface area contributed by atoms with Gasteiger partial charge in [-0.05, 0) is 36.8 Å². The average molecular weight is 798 g/mol. The minimum atomic E-state index is -4.69. The number of carbonyl (C=O) groups excluding carboxylic acids is 5. The van der Waals surface area contributed by atoms with Crippen LogP contribution >= 0.6 is 0 Å². The molecule has 58 heavy (non-hydrogen) atoms. The van der Waals surface area contributed by atoms with Crippen LogP contribution in [-0.4, -0.2) is 110 Å². The summed E-state index contributed by atoms with van der Waals surface area (Å²) in [7, 11) is 1.41. The van der Waals surface area contributed by atoms with Gasteiger partial charge >= 0.3 is 6.18 Å². The number of imide groups is 2. The number of alkyl halides is 3. The maximum Gasteiger partial charge on any atom is 0.433 e. The van der Waals surface area contributed by atoms with Crippen LogP contribution in [0.3, 0.4) is 0 Å². The molecule has 0 radical (unpaired) electrons. The first-order chi connectivity index (χ1) is 27.9. The van der Waals surface area contributed by atoms with Crippen molar-refractivity contribution in [3.8, 4) is 5.75 Å². The molecule has 1 atom stereocenters. The Kier molecular flexibility index (Phi) is 9.93. The van der Waals surface area contributed by atoms with Gasteiger partial charge in [0.15, 0.2) is 0 Å². The second-order valence-electron chi connectivity index (χ2n) is 13.8. The van der Waals surface area contributed by atoms with E-state index in [4.69, 9.17) is 4.74 Å². The fourth-order valence-corrected chi connectivity index (χ4v) is 7.13. The van der Waals surface area contributed by atoms with Crippen LogP contribution in [0.2, 0.25) is 0 Å². The van der Waals surface area contributed by atoms with E-state index in [0.29, 0.717) is 54.4 Å². The van der Waals surface area contributed by atoms with Crippen molar-refractivity contribution in [2.24, 2.45) is 0 Å². The average Bonchev–Trinajstić information content (AvgIpc) is 3.73. The number of methoxy groups -OCH3 is 1. The summed E-state index contributed by atoms with van der Waals surface area (Å²) < 4.78 is 46.6. The van der Waals surface area contributed by atoms with E-state index in [0.717, 1.165) is 30.1 Å². The Morgan fingerprint density at radius 3 is 2.43 bits per heavy atom. The van der Waals surface area contributed by atoms with Gasteiger partial charge in [-0.25, -0.2) is 15.0 Å². The molecule has 0 aliphatic carbocycles. The second-order valence-corrected chi connectivity index (χ2v) is 13.8. The lowest BCUT2D eigenvalue weighted by molar-refractivity contribution is -0.141. The number of carbonyl (C=O) groups is 5. The van der Waals surface area contributed by atoms with Crippen molar-refractivity contribution < 1.29 is 41.9 Å². The van der Waals surface area contributed by atoms with Gasteiger partial charge in [0.1, 0.15) is 23.2 Å². The maximum absolute atomic E-state index is 13.4. The topological polar surface area (TPSA) is 197 Å². The number of rotatable bonds is 10. The van der Waals surface area contributed by atoms with E-state index in [2.05, 4.69) is 45.8 Å². The third kappa shape index (κ3) is 7.48. The summed E-state index contributed by atoms with van der Waals surface area (Å²) in [5.41, 5.74) is 0.444. The fraction of sp³-hybridized carbons (Fsp3) is 0.289. The van der Waals surface area contributed by atoms with Gasteiger partial charge < -0.3 is 20.3 Å². The maximum atomic E-state index is 13.4. The minimum Gasteiger partial charge on any atom is -0.494 e. The lowest BCUT2D eigenvalue weighted by Gasteiger charge is -2.34. The number of pyridine rings is 1. The number of piperazine rings is 1. The first-order valence-electron chi connectivity index (χ1n) is 18.2. The van der Waals surface area contributed by atoms with Crippen LogP contribution in [0.25, 0.3) is 10.9 Å². The molecular weight excluding hydrogens is 763 g/mol. The Bertz CT molecular complexity index is 2470. The highest BCUT2D eigenvalue weighted by Crippen LogP contribution is 2.34. The number of hydrogen-bond donors (Lipinski definition) is 3. The molecular formula is C38H34F3N11O6. The van der Waals surface area contributed by atoms with Crippen LogP contribution in [0, 0.1) is 0 Å². The zero-order valence-corrected chi connectivity index (χ0v) is 30.7. The molecule has 2 aromatic carbocycles. The van der Waals surface area contributed by atoms with E-state index in [1.54, 1.807) is 41.3 Å². The lowest BCUT2D eigenvalue weighted by atomic mass is 10.0. The fourth-order valence-electron chi connectivity index (χ4n) is 7.13. The van der Waals surface area contributed by atoms with Gasteiger partial charge in [-0.2, -0.15) is 18.3 Å². The van der Waals surface area contributed by atoms with Gasteiger partial charge in [0.25, 0.3) is 17.7 Å². The van der Waals surface area contributed by atoms with E-state index < -0.39 is 47.4 Å². The molecule has 2 saturated heterocycles. The Morgan fingerprint density at radius 1 is 0.948 bits per heavy atom. The lowest BCUT2D eigenvalue weighted by Crippen LogP contribution is -2.54. The molecule has 8 rings (SSSR count). The molecule has 0 saturated carbocycles. The van der Waals surface area contributed by atoms with Gasteiger partial charge in [0.05, 0.1) is 59.8 Å². The number of halogens is 3. The third-order valence-corrected chi connectivity index (χ3v) is 10.1. The summed E-state index contributed by atoms with van der Waals surface area (Å²) in [5, 5.41) is 13.3. The predicted molar refractivity (Wildman–Crippen MR) is 201 cm³/mol. The van der Waals surface area contributed by atoms with Crippen molar-refractivity contribution in [2.45, 2.75) is 31.6 Å². The molecule has 3 aliphatic heterocycles. The molecule has 17 nitrogen and oxygen atoms in total. The molecule has 20 heteroatoms. The number of piperidine rings is 1. The molecule has 2 fully saturated rings. The number of benzene rings is 2. The first-order valence-corrected chi connectivity index (χ1v) is 18.2. The van der Waals surface area contributed by atoms with Crippen molar-refractivity contribution >= 4 is 63.4 Å². The van der Waals surface area contributed by atoms with Gasteiger partial charge in [-0.15, -0.1) is 0 Å². The van der Waals surface area contributed by atoms with Crippen molar-refractivity contribution in [1.82, 2.24) is 39.8 Å². The van der Waals surface area contributed by atoms with Crippen LogP contribution < -0.4 is 25.6 Å². The van der Waals surface area contributed by atoms with Crippen LogP contribution in [-0.2, 0) is 22.3 Å². The number of amides is 5. The summed E-state index contributed by atoms with van der Waals surface area (Å²) in [6.07, 6.45) is 0.389. The smallest absolute Gasteiger partial charge is 0.433 e. The van der Waals surface area contributed by atoms with Crippen molar-refractivity contribution in [3.05, 3.63) is 89.6 Å². The zero-order chi connectivity index (χ0) is 40.7. The summed E-state index contributed by atoms with van der Waals surface area (Å²) in [4.78, 5) is 81.3. The van der Waals surface area contributed by atoms with Gasteiger partial charge in [-0.3, -0.25) is 43.8 Å². The van der Waals surface area contributed by atoms with E-state index >= 15 is 0 Å². The molecule has 5 amide bonds. The first kappa shape index (κ1) is 37.9. The predicted octanol–water partition coefficient (Wildman–Crippen LogP) is 3.47. The SMILES string of the molecule is COc1cc2nn(CCN3CCN(c4ncc(Nc5cccc6c5C(=O)N(C5CCC(=O)NC5=O)C6=O)cn4)CC3)cc2cc1NC(=O)c1cccc(C(F)(F)F)n1. The van der Waals surface area contributed by atoms with E-state index in [-0.39, 0.29) is 41.1 Å². The van der Waals surface area contributed by atoms with Gasteiger partial charge in [0.2, 0.25) is 17.8 Å². The monoisotopic (exact) mass is 797 g/mol. The highest BCUT2D eigenvalue weighted by Gasteiger charge is 2.45. The summed E-state index contributed by atoms with van der Waals surface area (Å²) in [6.45, 7) is 4.03. The minimum absolute atomic E-state index is 0.0270. The van der Waals surface area contributed by atoms with Crippen LogP contribution in [0.5, 0.6) is 5.75 Å². The molecule has 0 spiro atoms. The summed E-state index contributed by atoms with van der Waals surface area (Å²) >= 11 is 0. The van der Waals surface area contributed by atoms with Crippen LogP contribution in [0.15, 0.2) is 67.1 Å². The van der Waals surface area contributed by atoms with E-state index in [9.17, 15) is 37.1 Å². The standard InChI is InChI=1S/C38H34F3N11O6/c1-58-29-17-26-21(16-27(29)46-33(54)25-6-3-7-30(45-25)38(39,40)41)20-51(48-26)15-12-49-10-13-50(14-11-49)37-42-18-22(19-43-37)44-24-5-2-4-23-32(24)36(57)52(35(23)56)28-8-9-31(53)47-34(28)55/h2-7,16-20,28,44H,8-15H2,1H3,(H,46,54)(H,47,53,55). The highest BCUT2D eigenvalue weighted by molar-refractivity contribution is 6.25. The number of anilines is 4. The van der Waals surface area contributed by atoms with Crippen molar-refractivity contribution in [2.75, 3.05) is 55.4 Å². The van der Waals surface area contributed by atoms with Gasteiger partial charge in [-0.1, -0.05) is 12.1 Å². The van der Waals surface area contributed by atoms with Crippen LogP contribution in [0.1, 0.15) is 49.7 Å². The Labute approximate surface area is 327 Å². The molecule has 1 unspecified atom stereocenters. The van der Waals surface area contributed by atoms with E-state index in [1.807, 2.05) is 6.20 Å². The number of nitrogens with zero attached hydrogens (tertiary/aromatic N) is 8. The Morgan fingerprint density at radius 2 is 1.71 bits per heavy atom. The normalized spacial score (nSPS) is 17.4. The second kappa shape index (κ2) is 15.2. The Hall–Kier alpha value is -6.96. The van der Waals surface area contributed by atoms with Crippen molar-refractivity contribution in [1.29, 1.82) is 0 Å². The largest absolute Gasteiger partial charge is 0.494 e. The summed E-state index contributed by atoms with van der Waals surface area (Å²) in [5.74, 6) is -2.35. The van der Waals surface area contributed by atoms with E-state index in [1.165, 1.54) is 19.2 Å². The molecule has 6 heterocycles. The number of hydrogen-bond acceptors (Lipinski definition) is 13. The molecule has 298 valence electrons. The quantitative estimate of drug-likeness (QED) is 0.174. The number of fused-ring (bicyclic) bond motifs is 2.